The van der Waals surface area contributed by atoms with Crippen LogP contribution in [0.15, 0.2) is 82.2 Å². The predicted molar refractivity (Wildman–Crippen MR) is 113 cm³/mol. The summed E-state index contributed by atoms with van der Waals surface area (Å²) in [5, 5.41) is 11.0. The number of hydrogen-bond donors (Lipinski definition) is 0. The van der Waals surface area contributed by atoms with Gasteiger partial charge in [0.05, 0.1) is 28.5 Å². The number of nitro benzene ring substituents is 1. The first kappa shape index (κ1) is 19.8. The molecular formula is C23H15NO7. The van der Waals surface area contributed by atoms with E-state index in [2.05, 4.69) is 0 Å². The van der Waals surface area contributed by atoms with Crippen LogP contribution >= 0.6 is 0 Å². The van der Waals surface area contributed by atoms with Crippen molar-refractivity contribution in [3.63, 3.8) is 0 Å². The van der Waals surface area contributed by atoms with E-state index in [4.69, 9.17) is 13.9 Å². The normalized spacial score (nSPS) is 10.6. The Morgan fingerprint density at radius 3 is 2.45 bits per heavy atom. The Kier molecular flexibility index (Phi) is 5.19. The summed E-state index contributed by atoms with van der Waals surface area (Å²) in [6.45, 7) is 0. The summed E-state index contributed by atoms with van der Waals surface area (Å²) in [4.78, 5) is 35.4. The molecule has 0 radical (unpaired) electrons. The number of carbonyl (C=O) groups is 1. The zero-order valence-electron chi connectivity index (χ0n) is 16.2. The Balaban J connectivity index is 1.64. The average Bonchev–Trinajstić information content (AvgIpc) is 2.79. The van der Waals surface area contributed by atoms with E-state index in [1.807, 2.05) is 0 Å². The zero-order valence-corrected chi connectivity index (χ0v) is 16.2. The summed E-state index contributed by atoms with van der Waals surface area (Å²) in [5.74, 6) is 0.0223. The number of non-ortho nitro benzene ring substituents is 1. The van der Waals surface area contributed by atoms with Crippen LogP contribution in [0.3, 0.4) is 0 Å². The van der Waals surface area contributed by atoms with E-state index in [1.54, 1.807) is 24.3 Å². The lowest BCUT2D eigenvalue weighted by atomic mass is 10.0. The highest BCUT2D eigenvalue weighted by Gasteiger charge is 2.15. The Bertz CT molecular complexity index is 1360. The van der Waals surface area contributed by atoms with Gasteiger partial charge in [-0.2, -0.15) is 0 Å². The predicted octanol–water partition coefficient (Wildman–Crippen LogP) is 4.60. The van der Waals surface area contributed by atoms with Gasteiger partial charge in [-0.05, 0) is 30.3 Å². The van der Waals surface area contributed by atoms with Gasteiger partial charge in [0, 0.05) is 23.8 Å². The molecule has 0 amide bonds. The van der Waals surface area contributed by atoms with Gasteiger partial charge >= 0.3 is 5.97 Å². The van der Waals surface area contributed by atoms with E-state index >= 15 is 0 Å². The van der Waals surface area contributed by atoms with Gasteiger partial charge in [-0.15, -0.1) is 0 Å². The van der Waals surface area contributed by atoms with Crippen LogP contribution in [0.4, 0.5) is 5.69 Å². The van der Waals surface area contributed by atoms with Crippen molar-refractivity contribution in [3.05, 3.63) is 98.9 Å². The first-order valence-electron chi connectivity index (χ1n) is 9.13. The molecule has 0 spiro atoms. The number of rotatable bonds is 5. The smallest absolute Gasteiger partial charge is 0.343 e. The largest absolute Gasteiger partial charge is 0.496 e. The third kappa shape index (κ3) is 3.86. The number of ether oxygens (including phenoxy) is 2. The summed E-state index contributed by atoms with van der Waals surface area (Å²) in [6, 6.07) is 16.6. The van der Waals surface area contributed by atoms with Crippen LogP contribution in [-0.4, -0.2) is 18.0 Å². The third-order valence-corrected chi connectivity index (χ3v) is 4.67. The number of esters is 1. The minimum Gasteiger partial charge on any atom is -0.496 e. The summed E-state index contributed by atoms with van der Waals surface area (Å²) < 4.78 is 16.3. The molecule has 0 fully saturated rings. The molecule has 0 unspecified atom stereocenters. The molecule has 0 saturated heterocycles. The molecule has 4 rings (SSSR count). The zero-order chi connectivity index (χ0) is 22.0. The van der Waals surface area contributed by atoms with Crippen LogP contribution in [0.25, 0.3) is 22.1 Å². The first-order valence-corrected chi connectivity index (χ1v) is 9.13. The Morgan fingerprint density at radius 1 is 1.00 bits per heavy atom. The summed E-state index contributed by atoms with van der Waals surface area (Å²) in [5.41, 5.74) is 0.972. The number of carbonyl (C=O) groups excluding carboxylic acids is 1. The molecule has 0 aliphatic carbocycles. The molecule has 8 heteroatoms. The second kappa shape index (κ2) is 8.11. The van der Waals surface area contributed by atoms with Gasteiger partial charge in [0.15, 0.2) is 0 Å². The van der Waals surface area contributed by atoms with Crippen molar-refractivity contribution >= 4 is 22.6 Å². The van der Waals surface area contributed by atoms with E-state index in [-0.39, 0.29) is 28.0 Å². The molecule has 4 aromatic rings. The monoisotopic (exact) mass is 417 g/mol. The second-order valence-electron chi connectivity index (χ2n) is 6.53. The van der Waals surface area contributed by atoms with Crippen molar-refractivity contribution in [1.29, 1.82) is 0 Å². The standard InChI is InChI=1S/C23H15NO7/c1-29-20-5-3-2-4-17(20)19-13-30-21-12-16(10-11-18(21)22(19)25)31-23(26)14-6-8-15(9-7-14)24(27)28/h2-13H,1H3. The average molecular weight is 417 g/mol. The highest BCUT2D eigenvalue weighted by molar-refractivity contribution is 5.92. The Morgan fingerprint density at radius 2 is 1.74 bits per heavy atom. The number of para-hydroxylation sites is 1. The first-order chi connectivity index (χ1) is 15.0. The van der Waals surface area contributed by atoms with Crippen LogP contribution in [0.5, 0.6) is 11.5 Å². The maximum Gasteiger partial charge on any atom is 0.343 e. The van der Waals surface area contributed by atoms with Crippen molar-refractivity contribution in [2.45, 2.75) is 0 Å². The third-order valence-electron chi connectivity index (χ3n) is 4.67. The van der Waals surface area contributed by atoms with Crippen molar-refractivity contribution in [2.24, 2.45) is 0 Å². The fourth-order valence-electron chi connectivity index (χ4n) is 3.11. The molecule has 0 N–H and O–H groups in total. The van der Waals surface area contributed by atoms with Gasteiger partial charge in [-0.3, -0.25) is 14.9 Å². The molecule has 31 heavy (non-hydrogen) atoms. The van der Waals surface area contributed by atoms with Crippen molar-refractivity contribution < 1.29 is 23.6 Å². The van der Waals surface area contributed by atoms with E-state index in [9.17, 15) is 19.7 Å². The van der Waals surface area contributed by atoms with E-state index in [1.165, 1.54) is 55.8 Å². The molecule has 1 heterocycles. The maximum absolute atomic E-state index is 13.0. The van der Waals surface area contributed by atoms with Gasteiger partial charge in [-0.25, -0.2) is 4.79 Å². The number of fused-ring (bicyclic) bond motifs is 1. The molecule has 0 atom stereocenters. The van der Waals surface area contributed by atoms with E-state index < -0.39 is 10.9 Å². The van der Waals surface area contributed by atoms with Crippen LogP contribution in [0.2, 0.25) is 0 Å². The van der Waals surface area contributed by atoms with Crippen molar-refractivity contribution in [3.8, 4) is 22.6 Å². The topological polar surface area (TPSA) is 109 Å². The summed E-state index contributed by atoms with van der Waals surface area (Å²) >= 11 is 0. The summed E-state index contributed by atoms with van der Waals surface area (Å²) in [7, 11) is 1.52. The lowest BCUT2D eigenvalue weighted by Crippen LogP contribution is -2.09. The number of hydrogen-bond acceptors (Lipinski definition) is 7. The molecule has 1 aromatic heterocycles. The molecule has 0 saturated carbocycles. The quantitative estimate of drug-likeness (QED) is 0.202. The van der Waals surface area contributed by atoms with Crippen LogP contribution in [0.1, 0.15) is 10.4 Å². The lowest BCUT2D eigenvalue weighted by molar-refractivity contribution is -0.384. The number of nitrogens with zero attached hydrogens (tertiary/aromatic N) is 1. The van der Waals surface area contributed by atoms with E-state index in [0.717, 1.165) is 0 Å². The van der Waals surface area contributed by atoms with Crippen LogP contribution in [0, 0.1) is 10.1 Å². The van der Waals surface area contributed by atoms with Crippen molar-refractivity contribution in [1.82, 2.24) is 0 Å². The minimum atomic E-state index is -0.692. The minimum absolute atomic E-state index is 0.130. The van der Waals surface area contributed by atoms with Crippen molar-refractivity contribution in [2.75, 3.05) is 7.11 Å². The lowest BCUT2D eigenvalue weighted by Gasteiger charge is -2.09. The van der Waals surface area contributed by atoms with E-state index in [0.29, 0.717) is 22.3 Å². The molecule has 3 aromatic carbocycles. The summed E-state index contributed by atoms with van der Waals surface area (Å²) in [6.07, 6.45) is 1.34. The van der Waals surface area contributed by atoms with Gasteiger partial charge in [0.1, 0.15) is 23.3 Å². The van der Waals surface area contributed by atoms with Gasteiger partial charge in [-0.1, -0.05) is 18.2 Å². The molecule has 154 valence electrons. The molecular weight excluding hydrogens is 402 g/mol. The molecule has 0 aliphatic heterocycles. The van der Waals surface area contributed by atoms with Gasteiger partial charge < -0.3 is 13.9 Å². The number of nitro groups is 1. The molecule has 0 bridgehead atoms. The van der Waals surface area contributed by atoms with Crippen LogP contribution < -0.4 is 14.9 Å². The number of benzene rings is 3. The highest BCUT2D eigenvalue weighted by Crippen LogP contribution is 2.29. The van der Waals surface area contributed by atoms with Crippen LogP contribution in [-0.2, 0) is 0 Å². The molecule has 8 nitrogen and oxygen atoms in total. The number of methoxy groups -OCH3 is 1. The van der Waals surface area contributed by atoms with Gasteiger partial charge in [0.25, 0.3) is 5.69 Å². The fraction of sp³-hybridized carbons (Fsp3) is 0.0435. The Hall–Kier alpha value is -4.46. The highest BCUT2D eigenvalue weighted by atomic mass is 16.6. The molecule has 0 aliphatic rings. The second-order valence-corrected chi connectivity index (χ2v) is 6.53. The fourth-order valence-corrected chi connectivity index (χ4v) is 3.11. The Labute approximate surface area is 175 Å². The van der Waals surface area contributed by atoms with Gasteiger partial charge in [0.2, 0.25) is 5.43 Å². The SMILES string of the molecule is COc1ccccc1-c1coc2cc(OC(=O)c3ccc([N+](=O)[O-])cc3)ccc2c1=O. The maximum atomic E-state index is 13.0.